The zero-order valence-corrected chi connectivity index (χ0v) is 11.3. The molecule has 1 aliphatic heterocycles. The van der Waals surface area contributed by atoms with Gasteiger partial charge in [-0.05, 0) is 30.2 Å². The summed E-state index contributed by atoms with van der Waals surface area (Å²) < 4.78 is 0. The highest BCUT2D eigenvalue weighted by Crippen LogP contribution is 2.27. The monoisotopic (exact) mass is 256 g/mol. The predicted octanol–water partition coefficient (Wildman–Crippen LogP) is 2.58. The van der Waals surface area contributed by atoms with Gasteiger partial charge in [0.05, 0.1) is 11.1 Å². The van der Waals surface area contributed by atoms with E-state index in [-0.39, 0.29) is 0 Å². The molecular weight excluding hydrogens is 236 g/mol. The van der Waals surface area contributed by atoms with E-state index < -0.39 is 5.60 Å². The van der Waals surface area contributed by atoms with Crippen molar-refractivity contribution >= 4 is 10.9 Å². The second-order valence-corrected chi connectivity index (χ2v) is 5.65. The summed E-state index contributed by atoms with van der Waals surface area (Å²) in [4.78, 5) is 6.63. The third-order valence-electron chi connectivity index (χ3n) is 3.82. The largest absolute Gasteiger partial charge is 0.387 e. The van der Waals surface area contributed by atoms with Crippen LogP contribution in [0.4, 0.5) is 0 Å². The molecule has 3 rings (SSSR count). The number of hydrogen-bond acceptors (Lipinski definition) is 3. The molecular formula is C16H20N2O. The molecule has 1 fully saturated rings. The lowest BCUT2D eigenvalue weighted by Gasteiger charge is -2.46. The summed E-state index contributed by atoms with van der Waals surface area (Å²) >= 11 is 0. The number of likely N-dealkylation sites (tertiary alicyclic amines) is 1. The van der Waals surface area contributed by atoms with Crippen molar-refractivity contribution in [3.8, 4) is 0 Å². The minimum Gasteiger partial charge on any atom is -0.387 e. The van der Waals surface area contributed by atoms with Crippen molar-refractivity contribution in [3.05, 3.63) is 42.1 Å². The molecule has 0 amide bonds. The van der Waals surface area contributed by atoms with Gasteiger partial charge in [-0.25, -0.2) is 0 Å². The van der Waals surface area contributed by atoms with Crippen LogP contribution >= 0.6 is 0 Å². The third kappa shape index (κ3) is 2.62. The molecule has 0 spiro atoms. The Morgan fingerprint density at radius 1 is 1.32 bits per heavy atom. The second-order valence-electron chi connectivity index (χ2n) is 5.65. The van der Waals surface area contributed by atoms with Gasteiger partial charge in [0.15, 0.2) is 0 Å². The quantitative estimate of drug-likeness (QED) is 0.913. The fourth-order valence-corrected chi connectivity index (χ4v) is 3.00. The highest BCUT2D eigenvalue weighted by Gasteiger charge is 2.39. The van der Waals surface area contributed by atoms with E-state index >= 15 is 0 Å². The highest BCUT2D eigenvalue weighted by atomic mass is 16.3. The molecule has 0 aliphatic carbocycles. The Labute approximate surface area is 113 Å². The molecule has 1 saturated heterocycles. The summed E-state index contributed by atoms with van der Waals surface area (Å²) in [6.45, 7) is 4.63. The predicted molar refractivity (Wildman–Crippen MR) is 76.9 cm³/mol. The first-order valence-electron chi connectivity index (χ1n) is 6.97. The summed E-state index contributed by atoms with van der Waals surface area (Å²) in [5.74, 6) is 0. The molecule has 3 nitrogen and oxygen atoms in total. The van der Waals surface area contributed by atoms with Crippen LogP contribution in [0, 0.1) is 0 Å². The molecule has 3 heteroatoms. The number of hydrogen-bond donors (Lipinski definition) is 1. The lowest BCUT2D eigenvalue weighted by atomic mass is 9.89. The van der Waals surface area contributed by atoms with Crippen LogP contribution in [0.25, 0.3) is 10.9 Å². The Balaban J connectivity index is 1.67. The van der Waals surface area contributed by atoms with Gasteiger partial charge in [0.2, 0.25) is 0 Å². The van der Waals surface area contributed by atoms with Crippen LogP contribution in [0.5, 0.6) is 0 Å². The van der Waals surface area contributed by atoms with Crippen molar-refractivity contribution in [1.82, 2.24) is 9.88 Å². The van der Waals surface area contributed by atoms with Gasteiger partial charge < -0.3 is 5.11 Å². The molecule has 2 heterocycles. The average molecular weight is 256 g/mol. The van der Waals surface area contributed by atoms with E-state index in [2.05, 4.69) is 41.1 Å². The van der Waals surface area contributed by atoms with Gasteiger partial charge in [-0.15, -0.1) is 0 Å². The Morgan fingerprint density at radius 2 is 2.16 bits per heavy atom. The summed E-state index contributed by atoms with van der Waals surface area (Å²) in [7, 11) is 0. The maximum absolute atomic E-state index is 10.2. The highest BCUT2D eigenvalue weighted by molar-refractivity contribution is 5.78. The van der Waals surface area contributed by atoms with E-state index in [1.807, 2.05) is 12.3 Å². The zero-order chi connectivity index (χ0) is 13.3. The van der Waals surface area contributed by atoms with Crippen LogP contribution in [0.15, 0.2) is 36.5 Å². The smallest absolute Gasteiger partial charge is 0.0900 e. The number of nitrogens with zero attached hydrogens (tertiary/aromatic N) is 2. The van der Waals surface area contributed by atoms with E-state index in [4.69, 9.17) is 0 Å². The maximum Gasteiger partial charge on any atom is 0.0900 e. The fourth-order valence-electron chi connectivity index (χ4n) is 3.00. The first-order chi connectivity index (χ1) is 9.18. The van der Waals surface area contributed by atoms with Crippen LogP contribution in [0.1, 0.15) is 25.3 Å². The topological polar surface area (TPSA) is 36.4 Å². The zero-order valence-electron chi connectivity index (χ0n) is 11.3. The van der Waals surface area contributed by atoms with Crippen LogP contribution in [0.2, 0.25) is 0 Å². The minimum atomic E-state index is -0.437. The van der Waals surface area contributed by atoms with E-state index in [9.17, 15) is 5.11 Å². The summed E-state index contributed by atoms with van der Waals surface area (Å²) in [6.07, 6.45) is 3.78. The van der Waals surface area contributed by atoms with E-state index in [1.54, 1.807) is 0 Å². The van der Waals surface area contributed by atoms with Crippen molar-refractivity contribution in [2.45, 2.75) is 31.9 Å². The molecule has 0 saturated carbocycles. The van der Waals surface area contributed by atoms with Crippen LogP contribution < -0.4 is 0 Å². The van der Waals surface area contributed by atoms with Crippen molar-refractivity contribution in [2.75, 3.05) is 13.1 Å². The molecule has 1 N–H and O–H groups in total. The third-order valence-corrected chi connectivity index (χ3v) is 3.82. The van der Waals surface area contributed by atoms with E-state index in [1.165, 1.54) is 10.9 Å². The minimum absolute atomic E-state index is 0.437. The number of benzene rings is 1. The molecule has 0 radical (unpaired) electrons. The van der Waals surface area contributed by atoms with Gasteiger partial charge in [-0.3, -0.25) is 9.88 Å². The van der Waals surface area contributed by atoms with Crippen LogP contribution in [-0.4, -0.2) is 33.7 Å². The normalized spacial score (nSPS) is 18.4. The summed E-state index contributed by atoms with van der Waals surface area (Å²) in [6, 6.07) is 10.5. The summed E-state index contributed by atoms with van der Waals surface area (Å²) in [5, 5.41) is 11.4. The van der Waals surface area contributed by atoms with Crippen LogP contribution in [0.3, 0.4) is 0 Å². The molecule has 1 aromatic carbocycles. The molecule has 1 aliphatic rings. The Bertz CT molecular complexity index is 576. The fraction of sp³-hybridized carbons (Fsp3) is 0.438. The Hall–Kier alpha value is -1.45. The molecule has 0 bridgehead atoms. The average Bonchev–Trinajstić information content (AvgIpc) is 2.37. The first kappa shape index (κ1) is 12.6. The van der Waals surface area contributed by atoms with E-state index in [0.29, 0.717) is 0 Å². The van der Waals surface area contributed by atoms with Crippen molar-refractivity contribution in [1.29, 1.82) is 0 Å². The molecule has 0 unspecified atom stereocenters. The lowest BCUT2D eigenvalue weighted by molar-refractivity contribution is -0.106. The number of rotatable bonds is 4. The van der Waals surface area contributed by atoms with Gasteiger partial charge in [-0.1, -0.05) is 25.5 Å². The standard InChI is InChI=1S/C16H20N2O/c1-2-7-16(19)11-18(12-16)10-13-5-6-15-14(9-13)4-3-8-17-15/h3-6,8-9,19H,2,7,10-12H2,1H3. The van der Waals surface area contributed by atoms with Gasteiger partial charge in [-0.2, -0.15) is 0 Å². The first-order valence-corrected chi connectivity index (χ1v) is 6.97. The molecule has 19 heavy (non-hydrogen) atoms. The molecule has 100 valence electrons. The molecule has 2 aromatic rings. The molecule has 1 aromatic heterocycles. The van der Waals surface area contributed by atoms with Crippen molar-refractivity contribution in [2.24, 2.45) is 0 Å². The molecule has 0 atom stereocenters. The van der Waals surface area contributed by atoms with Crippen LogP contribution in [-0.2, 0) is 6.54 Å². The van der Waals surface area contributed by atoms with Gasteiger partial charge in [0.25, 0.3) is 0 Å². The Morgan fingerprint density at radius 3 is 2.95 bits per heavy atom. The number of fused-ring (bicyclic) bond motifs is 1. The summed E-state index contributed by atoms with van der Waals surface area (Å²) in [5.41, 5.74) is 1.89. The number of pyridine rings is 1. The SMILES string of the molecule is CCCC1(O)CN(Cc2ccc3ncccc3c2)C1. The van der Waals surface area contributed by atoms with Crippen molar-refractivity contribution in [3.63, 3.8) is 0 Å². The van der Waals surface area contributed by atoms with Gasteiger partial charge >= 0.3 is 0 Å². The van der Waals surface area contributed by atoms with E-state index in [0.717, 1.165) is 38.0 Å². The second kappa shape index (κ2) is 4.91. The maximum atomic E-state index is 10.2. The van der Waals surface area contributed by atoms with Gasteiger partial charge in [0, 0.05) is 31.2 Å². The number of aromatic nitrogens is 1. The number of aliphatic hydroxyl groups is 1. The Kier molecular flexibility index (Phi) is 3.25. The van der Waals surface area contributed by atoms with Crippen molar-refractivity contribution < 1.29 is 5.11 Å². The van der Waals surface area contributed by atoms with Gasteiger partial charge in [0.1, 0.15) is 0 Å². The lowest BCUT2D eigenvalue weighted by Crippen LogP contribution is -2.60. The number of β-amino-alcohol motifs (C(OH)–C–C–N with tert-alkyl or cyclic N) is 1.